The second-order valence-electron chi connectivity index (χ2n) is 3.68. The Kier molecular flexibility index (Phi) is 4.24. The Morgan fingerprint density at radius 3 is 0.800 bits per heavy atom. The summed E-state index contributed by atoms with van der Waals surface area (Å²) in [6, 6.07) is 0. The first kappa shape index (κ1) is 15.5. The van der Waals surface area contributed by atoms with Crippen molar-refractivity contribution in [2.45, 2.75) is 20.9 Å². The molecule has 0 spiro atoms. The molecule has 0 aromatic carbocycles. The van der Waals surface area contributed by atoms with Crippen molar-refractivity contribution in [3.05, 3.63) is 0 Å². The van der Waals surface area contributed by atoms with E-state index >= 15 is 0 Å². The maximum Gasteiger partial charge on any atom is 0.0543 e. The maximum atomic E-state index is 5.45. The molecule has 0 unspecified atom stereocenters. The van der Waals surface area contributed by atoms with Gasteiger partial charge in [-0.3, -0.25) is 0 Å². The van der Waals surface area contributed by atoms with E-state index in [-0.39, 0.29) is 0 Å². The van der Waals surface area contributed by atoms with E-state index in [4.69, 9.17) is 75.4 Å². The van der Waals surface area contributed by atoms with Crippen LogP contribution < -0.4 is 0 Å². The van der Waals surface area contributed by atoms with E-state index in [0.29, 0.717) is 0 Å². The normalized spacial score (nSPS) is 15.0. The van der Waals surface area contributed by atoms with Crippen LogP contribution in [0.15, 0.2) is 0 Å². The van der Waals surface area contributed by atoms with Gasteiger partial charge in [0.2, 0.25) is 0 Å². The highest BCUT2D eigenvalue weighted by atomic mass is 16.5. The zero-order valence-electron chi connectivity index (χ0n) is 8.60. The van der Waals surface area contributed by atoms with Crippen molar-refractivity contribution in [3.63, 3.8) is 0 Å². The molecule has 0 aliphatic rings. The summed E-state index contributed by atoms with van der Waals surface area (Å²) < 4.78 is 4.91. The molecule has 0 fully saturated rings. The van der Waals surface area contributed by atoms with Gasteiger partial charge in [-0.05, 0) is 0 Å². The largest absolute Gasteiger partial charge is 0.383 e. The van der Waals surface area contributed by atoms with Crippen molar-refractivity contribution in [3.8, 4) is 0 Å². The molecule has 1 nitrogen and oxygen atoms in total. The van der Waals surface area contributed by atoms with E-state index < -0.39 is 20.9 Å². The molecule has 0 saturated heterocycles. The molecule has 0 aliphatic carbocycles. The smallest absolute Gasteiger partial charge is 0.0543 e. The Bertz CT molecular complexity index is 184. The summed E-state index contributed by atoms with van der Waals surface area (Å²) in [5.41, 5.74) is -2.15. The number of methoxy groups -OCH3 is 1. The molecule has 0 atom stereocenters. The summed E-state index contributed by atoms with van der Waals surface area (Å²) in [6.07, 6.45) is 0. The molecular formula is C5H3B9O. The average Bonchev–Trinajstić information content (AvgIpc) is 1.76. The molecule has 10 heteroatoms. The Hall–Kier alpha value is 0.544. The maximum absolute atomic E-state index is 5.45. The van der Waals surface area contributed by atoms with Crippen molar-refractivity contribution in [2.24, 2.45) is 0 Å². The van der Waals surface area contributed by atoms with Crippen LogP contribution >= 0.6 is 0 Å². The van der Waals surface area contributed by atoms with Crippen molar-refractivity contribution in [1.29, 1.82) is 0 Å². The zero-order chi connectivity index (χ0) is 12.7. The van der Waals surface area contributed by atoms with Gasteiger partial charge in [-0.25, -0.2) is 0 Å². The highest BCUT2D eigenvalue weighted by Crippen LogP contribution is 2.55. The Morgan fingerprint density at radius 1 is 0.600 bits per heavy atom. The number of hydrogen-bond acceptors (Lipinski definition) is 1. The molecule has 0 aromatic rings. The van der Waals surface area contributed by atoms with Gasteiger partial charge >= 0.3 is 0 Å². The number of hydrogen-bond donors (Lipinski definition) is 0. The zero-order valence-corrected chi connectivity index (χ0v) is 8.60. The summed E-state index contributed by atoms with van der Waals surface area (Å²) in [5.74, 6) is 0. The second kappa shape index (κ2) is 4.09. The highest BCUT2D eigenvalue weighted by Gasteiger charge is 2.54. The van der Waals surface area contributed by atoms with Crippen molar-refractivity contribution in [2.75, 3.05) is 7.11 Å². The summed E-state index contributed by atoms with van der Waals surface area (Å²) in [6.45, 7) is 0. The molecule has 15 heavy (non-hydrogen) atoms. The van der Waals surface area contributed by atoms with Crippen LogP contribution in [0.2, 0.25) is 15.3 Å². The van der Waals surface area contributed by atoms with Crippen LogP contribution in [0, 0.1) is 0 Å². The van der Waals surface area contributed by atoms with E-state index in [1.807, 2.05) is 0 Å². The third-order valence-electron chi connectivity index (χ3n) is 2.14. The summed E-state index contributed by atoms with van der Waals surface area (Å²) in [4.78, 5) is 0. The fourth-order valence-corrected chi connectivity index (χ4v) is 1.66. The third kappa shape index (κ3) is 2.45. The molecule has 18 radical (unpaired) electrons. The van der Waals surface area contributed by atoms with E-state index in [9.17, 15) is 0 Å². The standard InChI is InChI=1S/C5H3B9O/c1-15-2(3(6,7)8,4(9,10)11)5(12,13)14/h1H3. The molecule has 0 N–H and O–H groups in total. The van der Waals surface area contributed by atoms with Gasteiger partial charge in [0.25, 0.3) is 0 Å². The lowest BCUT2D eigenvalue weighted by molar-refractivity contribution is -0.00834. The van der Waals surface area contributed by atoms with E-state index in [1.54, 1.807) is 0 Å². The molecule has 0 rings (SSSR count). The minimum absolute atomic E-state index is 1.13. The van der Waals surface area contributed by atoms with Crippen molar-refractivity contribution in [1.82, 2.24) is 0 Å². The van der Waals surface area contributed by atoms with Crippen LogP contribution in [0.1, 0.15) is 0 Å². The van der Waals surface area contributed by atoms with Crippen LogP contribution in [-0.2, 0) is 4.74 Å². The highest BCUT2D eigenvalue weighted by molar-refractivity contribution is 6.70. The van der Waals surface area contributed by atoms with Crippen molar-refractivity contribution >= 4 is 70.6 Å². The summed E-state index contributed by atoms with van der Waals surface area (Å²) in [7, 11) is 50.2. The quantitative estimate of drug-likeness (QED) is 0.418. The molecule has 0 aromatic heterocycles. The van der Waals surface area contributed by atoms with Gasteiger partial charge in [0, 0.05) is 12.7 Å². The predicted octanol–water partition coefficient (Wildman–Crippen LogP) is -2.89. The molecular weight excluding hydrogens is 173 g/mol. The molecule has 0 bridgehead atoms. The van der Waals surface area contributed by atoms with Crippen molar-refractivity contribution < 1.29 is 4.74 Å². The monoisotopic (exact) mass is 178 g/mol. The van der Waals surface area contributed by atoms with Crippen LogP contribution in [0.25, 0.3) is 0 Å². The summed E-state index contributed by atoms with van der Waals surface area (Å²) >= 11 is 0. The van der Waals surface area contributed by atoms with Crippen LogP contribution in [0.3, 0.4) is 0 Å². The van der Waals surface area contributed by atoms with Gasteiger partial charge in [-0.2, -0.15) is 0 Å². The minimum atomic E-state index is -2.15. The first-order chi connectivity index (χ1) is 6.31. The van der Waals surface area contributed by atoms with Crippen LogP contribution in [-0.4, -0.2) is 83.3 Å². The van der Waals surface area contributed by atoms with Gasteiger partial charge in [-0.15, -0.1) is 15.3 Å². The second-order valence-corrected chi connectivity index (χ2v) is 3.68. The number of rotatable bonds is 4. The topological polar surface area (TPSA) is 9.23 Å². The van der Waals surface area contributed by atoms with E-state index in [0.717, 1.165) is 7.11 Å². The molecule has 0 amide bonds. The van der Waals surface area contributed by atoms with Crippen LogP contribution in [0.4, 0.5) is 0 Å². The van der Waals surface area contributed by atoms with E-state index in [2.05, 4.69) is 0 Å². The minimum Gasteiger partial charge on any atom is -0.383 e. The van der Waals surface area contributed by atoms with E-state index in [1.165, 1.54) is 0 Å². The van der Waals surface area contributed by atoms with Gasteiger partial charge < -0.3 is 4.74 Å². The lowest BCUT2D eigenvalue weighted by Gasteiger charge is -2.63. The average molecular weight is 176 g/mol. The SMILES string of the molecule is [B]C([B])([B])C(OC)(C([B])([B])[B])C([B])([B])[B]. The molecule has 0 saturated carbocycles. The fourth-order valence-electron chi connectivity index (χ4n) is 1.66. The molecule has 0 heterocycles. The Morgan fingerprint density at radius 2 is 0.800 bits per heavy atom. The lowest BCUT2D eigenvalue weighted by atomic mass is 9.13. The van der Waals surface area contributed by atoms with Gasteiger partial charge in [0.1, 0.15) is 0 Å². The lowest BCUT2D eigenvalue weighted by Crippen LogP contribution is -2.64. The molecule has 0 aliphatic heterocycles. The predicted molar refractivity (Wildman–Crippen MR) is 69.6 cm³/mol. The van der Waals surface area contributed by atoms with Gasteiger partial charge in [0.15, 0.2) is 0 Å². The fraction of sp³-hybridized carbons (Fsp3) is 1.00. The number of ether oxygens (including phenoxy) is 1. The van der Waals surface area contributed by atoms with Crippen LogP contribution in [0.5, 0.6) is 0 Å². The van der Waals surface area contributed by atoms with Gasteiger partial charge in [-0.1, -0.05) is 0 Å². The summed E-state index contributed by atoms with van der Waals surface area (Å²) in [5, 5.41) is -6.42. The first-order valence-electron chi connectivity index (χ1n) is 3.96. The Labute approximate surface area is 104 Å². The molecule has 56 valence electrons. The third-order valence-corrected chi connectivity index (χ3v) is 2.14. The first-order valence-corrected chi connectivity index (χ1v) is 3.96. The van der Waals surface area contributed by atoms with Gasteiger partial charge in [0.05, 0.1) is 70.6 Å². The Balaban J connectivity index is 5.78.